The molecule has 1 atom stereocenters. The first-order valence-corrected chi connectivity index (χ1v) is 9.74. The first-order valence-electron chi connectivity index (χ1n) is 9.74. The van der Waals surface area contributed by atoms with E-state index in [0.29, 0.717) is 5.56 Å². The highest BCUT2D eigenvalue weighted by Gasteiger charge is 2.36. The molecule has 0 bridgehead atoms. The Bertz CT molecular complexity index is 908. The average molecular weight is 379 g/mol. The third kappa shape index (κ3) is 3.34. The Morgan fingerprint density at radius 1 is 1.21 bits per heavy atom. The molecule has 1 amide bonds. The lowest BCUT2D eigenvalue weighted by molar-refractivity contribution is -0.125. The number of nitrogens with zero attached hydrogens (tertiary/aromatic N) is 7. The molecule has 2 aromatic rings. The Morgan fingerprint density at radius 2 is 2.00 bits per heavy atom. The Labute approximate surface area is 165 Å². The number of aromatic nitrogens is 3. The maximum atomic E-state index is 13.2. The molecule has 2 aliphatic rings. The molecule has 0 aromatic carbocycles. The van der Waals surface area contributed by atoms with Gasteiger partial charge in [0.1, 0.15) is 17.7 Å². The standard InChI is InChI=1S/C20H25N7O/c1-15-13-18(24(2)23-15)27-8-4-6-17(20(27)28)25-9-11-26(12-10-25)19-16(14-21)5-3-7-22-19/h3,5,7,13,17H,4,6,8-12H2,1-2H3/t17-/m0/s1. The van der Waals surface area contributed by atoms with Crippen LogP contribution in [0.1, 0.15) is 24.1 Å². The van der Waals surface area contributed by atoms with Crippen LogP contribution in [0, 0.1) is 18.3 Å². The highest BCUT2D eigenvalue weighted by Crippen LogP contribution is 2.26. The molecule has 0 spiro atoms. The van der Waals surface area contributed by atoms with Crippen LogP contribution in [0.4, 0.5) is 11.6 Å². The molecule has 0 aliphatic carbocycles. The number of pyridine rings is 1. The van der Waals surface area contributed by atoms with Gasteiger partial charge in [0.05, 0.1) is 17.3 Å². The van der Waals surface area contributed by atoms with E-state index in [1.54, 1.807) is 23.0 Å². The third-order valence-corrected chi connectivity index (χ3v) is 5.63. The molecule has 28 heavy (non-hydrogen) atoms. The van der Waals surface area contributed by atoms with Crippen LogP contribution in [-0.4, -0.2) is 64.3 Å². The molecule has 2 fully saturated rings. The number of hydrogen-bond donors (Lipinski definition) is 0. The third-order valence-electron chi connectivity index (χ3n) is 5.63. The Morgan fingerprint density at radius 3 is 2.68 bits per heavy atom. The lowest BCUT2D eigenvalue weighted by atomic mass is 10.0. The molecule has 0 unspecified atom stereocenters. The summed E-state index contributed by atoms with van der Waals surface area (Å²) < 4.78 is 1.79. The van der Waals surface area contributed by atoms with Crippen molar-refractivity contribution in [1.82, 2.24) is 19.7 Å². The van der Waals surface area contributed by atoms with Crippen molar-refractivity contribution >= 4 is 17.5 Å². The number of hydrogen-bond acceptors (Lipinski definition) is 6. The fourth-order valence-corrected chi connectivity index (χ4v) is 4.25. The number of carbonyl (C=O) groups is 1. The predicted octanol–water partition coefficient (Wildman–Crippen LogP) is 1.31. The van der Waals surface area contributed by atoms with Gasteiger partial charge in [-0.05, 0) is 31.9 Å². The zero-order valence-corrected chi connectivity index (χ0v) is 16.4. The largest absolute Gasteiger partial charge is 0.353 e. The van der Waals surface area contributed by atoms with Crippen LogP contribution in [0.5, 0.6) is 0 Å². The van der Waals surface area contributed by atoms with E-state index in [0.717, 1.165) is 62.9 Å². The summed E-state index contributed by atoms with van der Waals surface area (Å²) in [4.78, 5) is 23.9. The molecule has 8 nitrogen and oxygen atoms in total. The number of anilines is 2. The molecular weight excluding hydrogens is 354 g/mol. The van der Waals surface area contributed by atoms with Crippen molar-refractivity contribution in [3.05, 3.63) is 35.7 Å². The summed E-state index contributed by atoms with van der Waals surface area (Å²) in [7, 11) is 1.89. The molecule has 4 heterocycles. The maximum absolute atomic E-state index is 13.2. The van der Waals surface area contributed by atoms with Crippen molar-refractivity contribution in [3.8, 4) is 6.07 Å². The van der Waals surface area contributed by atoms with Crippen molar-refractivity contribution < 1.29 is 4.79 Å². The molecule has 2 aromatic heterocycles. The number of amides is 1. The van der Waals surface area contributed by atoms with Gasteiger partial charge in [-0.15, -0.1) is 0 Å². The topological polar surface area (TPSA) is 81.3 Å². The van der Waals surface area contributed by atoms with E-state index >= 15 is 0 Å². The molecule has 4 rings (SSSR count). The highest BCUT2D eigenvalue weighted by atomic mass is 16.2. The highest BCUT2D eigenvalue weighted by molar-refractivity contribution is 5.97. The van der Waals surface area contributed by atoms with Gasteiger partial charge in [0.15, 0.2) is 0 Å². The molecule has 146 valence electrons. The number of nitriles is 1. The Hall–Kier alpha value is -2.92. The molecule has 8 heteroatoms. The van der Waals surface area contributed by atoms with Crippen LogP contribution in [0.2, 0.25) is 0 Å². The lowest BCUT2D eigenvalue weighted by Gasteiger charge is -2.42. The number of piperidine rings is 1. The van der Waals surface area contributed by atoms with Gasteiger partial charge in [0.2, 0.25) is 5.91 Å². The smallest absolute Gasteiger partial charge is 0.245 e. The molecule has 0 radical (unpaired) electrons. The zero-order valence-electron chi connectivity index (χ0n) is 16.4. The summed E-state index contributed by atoms with van der Waals surface area (Å²) in [5.74, 6) is 1.78. The maximum Gasteiger partial charge on any atom is 0.245 e. The second-order valence-corrected chi connectivity index (χ2v) is 7.42. The molecule has 2 saturated heterocycles. The van der Waals surface area contributed by atoms with Crippen LogP contribution in [0.25, 0.3) is 0 Å². The summed E-state index contributed by atoms with van der Waals surface area (Å²) in [6.07, 6.45) is 3.60. The summed E-state index contributed by atoms with van der Waals surface area (Å²) in [6, 6.07) is 7.69. The zero-order chi connectivity index (χ0) is 19.7. The number of piperazine rings is 1. The molecule has 2 aliphatic heterocycles. The van der Waals surface area contributed by atoms with Crippen LogP contribution >= 0.6 is 0 Å². The van der Waals surface area contributed by atoms with Crippen molar-refractivity contribution in [2.45, 2.75) is 25.8 Å². The SMILES string of the molecule is Cc1cc(N2CCC[C@H](N3CCN(c4ncccc4C#N)CC3)C2=O)n(C)n1. The number of rotatable bonds is 3. The molecular formula is C20H25N7O. The lowest BCUT2D eigenvalue weighted by Crippen LogP contribution is -2.58. The minimum absolute atomic E-state index is 0.0923. The van der Waals surface area contributed by atoms with Gasteiger partial charge >= 0.3 is 0 Å². The van der Waals surface area contributed by atoms with E-state index in [1.165, 1.54) is 0 Å². The van der Waals surface area contributed by atoms with Gasteiger partial charge in [-0.25, -0.2) is 4.98 Å². The van der Waals surface area contributed by atoms with Gasteiger partial charge in [-0.2, -0.15) is 10.4 Å². The monoisotopic (exact) mass is 379 g/mol. The Kier molecular flexibility index (Phi) is 5.01. The van der Waals surface area contributed by atoms with Crippen LogP contribution in [0.3, 0.4) is 0 Å². The van der Waals surface area contributed by atoms with Crippen LogP contribution < -0.4 is 9.80 Å². The first-order chi connectivity index (χ1) is 13.6. The van der Waals surface area contributed by atoms with E-state index in [1.807, 2.05) is 24.9 Å². The van der Waals surface area contributed by atoms with Gasteiger partial charge in [-0.3, -0.25) is 19.3 Å². The van der Waals surface area contributed by atoms with E-state index in [-0.39, 0.29) is 11.9 Å². The summed E-state index contributed by atoms with van der Waals surface area (Å²) in [5.41, 5.74) is 1.52. The van der Waals surface area contributed by atoms with Gasteiger partial charge in [0, 0.05) is 52.0 Å². The van der Waals surface area contributed by atoms with E-state index in [9.17, 15) is 10.1 Å². The number of carbonyl (C=O) groups excluding carboxylic acids is 1. The summed E-state index contributed by atoms with van der Waals surface area (Å²) >= 11 is 0. The minimum atomic E-state index is -0.0923. The molecule has 0 N–H and O–H groups in total. The van der Waals surface area contributed by atoms with Crippen molar-refractivity contribution in [3.63, 3.8) is 0 Å². The van der Waals surface area contributed by atoms with E-state index in [4.69, 9.17) is 0 Å². The molecule has 0 saturated carbocycles. The normalized spacial score (nSPS) is 21.0. The minimum Gasteiger partial charge on any atom is -0.353 e. The second kappa shape index (κ2) is 7.60. The van der Waals surface area contributed by atoms with Crippen LogP contribution in [-0.2, 0) is 11.8 Å². The Balaban J connectivity index is 1.45. The average Bonchev–Trinajstić information content (AvgIpc) is 3.06. The van der Waals surface area contributed by atoms with Crippen molar-refractivity contribution in [1.29, 1.82) is 5.26 Å². The number of aryl methyl sites for hydroxylation is 2. The quantitative estimate of drug-likeness (QED) is 0.800. The van der Waals surface area contributed by atoms with Crippen molar-refractivity contribution in [2.75, 3.05) is 42.5 Å². The first kappa shape index (κ1) is 18.4. The van der Waals surface area contributed by atoms with E-state index in [2.05, 4.69) is 26.0 Å². The van der Waals surface area contributed by atoms with Gasteiger partial charge in [0.25, 0.3) is 0 Å². The predicted molar refractivity (Wildman–Crippen MR) is 106 cm³/mol. The summed E-state index contributed by atoms with van der Waals surface area (Å²) in [5, 5.41) is 13.7. The fraction of sp³-hybridized carbons (Fsp3) is 0.500. The van der Waals surface area contributed by atoms with Gasteiger partial charge < -0.3 is 4.90 Å². The van der Waals surface area contributed by atoms with E-state index < -0.39 is 0 Å². The van der Waals surface area contributed by atoms with Crippen LogP contribution in [0.15, 0.2) is 24.4 Å². The second-order valence-electron chi connectivity index (χ2n) is 7.42. The fourth-order valence-electron chi connectivity index (χ4n) is 4.25. The van der Waals surface area contributed by atoms with Gasteiger partial charge in [-0.1, -0.05) is 0 Å². The summed E-state index contributed by atoms with van der Waals surface area (Å²) in [6.45, 7) is 5.79. The van der Waals surface area contributed by atoms with Crippen molar-refractivity contribution in [2.24, 2.45) is 7.05 Å².